The standard InChI is InChI=1S/C12H14N2O/c1-2-8-3-5-13-12-11(8)9-4-6-15-7-10(9)14-12/h3,5H,2,4,6-7H2,1H3,(H,13,14). The number of H-pyrrole nitrogens is 1. The Balaban J connectivity index is 2.33. The highest BCUT2D eigenvalue weighted by molar-refractivity contribution is 5.85. The number of rotatable bonds is 1. The Hall–Kier alpha value is -1.35. The Bertz CT molecular complexity index is 502. The topological polar surface area (TPSA) is 37.9 Å². The predicted molar refractivity (Wildman–Crippen MR) is 58.8 cm³/mol. The lowest BCUT2D eigenvalue weighted by atomic mass is 10.0. The molecule has 3 heterocycles. The first-order chi connectivity index (χ1) is 7.40. The highest BCUT2D eigenvalue weighted by Gasteiger charge is 2.17. The first kappa shape index (κ1) is 8.92. The third kappa shape index (κ3) is 1.27. The maximum Gasteiger partial charge on any atom is 0.138 e. The third-order valence-corrected chi connectivity index (χ3v) is 3.10. The summed E-state index contributed by atoms with van der Waals surface area (Å²) in [5, 5.41) is 1.33. The fourth-order valence-corrected chi connectivity index (χ4v) is 2.34. The number of aromatic amines is 1. The Morgan fingerprint density at radius 1 is 1.53 bits per heavy atom. The van der Waals surface area contributed by atoms with E-state index in [1.54, 1.807) is 0 Å². The maximum atomic E-state index is 5.44. The van der Waals surface area contributed by atoms with Crippen LogP contribution in [0.3, 0.4) is 0 Å². The SMILES string of the molecule is CCc1ccnc2[nH]c3c(c12)CCOC3. The molecule has 0 radical (unpaired) electrons. The third-order valence-electron chi connectivity index (χ3n) is 3.10. The molecule has 0 amide bonds. The van der Waals surface area contributed by atoms with Crippen molar-refractivity contribution in [2.45, 2.75) is 26.4 Å². The fourth-order valence-electron chi connectivity index (χ4n) is 2.34. The second-order valence-corrected chi connectivity index (χ2v) is 3.93. The number of fused-ring (bicyclic) bond motifs is 3. The lowest BCUT2D eigenvalue weighted by molar-refractivity contribution is 0.109. The van der Waals surface area contributed by atoms with Crippen LogP contribution in [0, 0.1) is 0 Å². The van der Waals surface area contributed by atoms with Crippen molar-refractivity contribution in [2.75, 3.05) is 6.61 Å². The number of hydrogen-bond acceptors (Lipinski definition) is 2. The first-order valence-corrected chi connectivity index (χ1v) is 5.45. The molecule has 0 atom stereocenters. The van der Waals surface area contributed by atoms with Crippen molar-refractivity contribution < 1.29 is 4.74 Å². The van der Waals surface area contributed by atoms with E-state index >= 15 is 0 Å². The summed E-state index contributed by atoms with van der Waals surface area (Å²) in [7, 11) is 0. The smallest absolute Gasteiger partial charge is 0.138 e. The van der Waals surface area contributed by atoms with Gasteiger partial charge in [-0.1, -0.05) is 6.92 Å². The van der Waals surface area contributed by atoms with Gasteiger partial charge in [-0.05, 0) is 30.0 Å². The molecule has 15 heavy (non-hydrogen) atoms. The number of pyridine rings is 1. The molecule has 0 aromatic carbocycles. The Kier molecular flexibility index (Phi) is 1.99. The minimum atomic E-state index is 0.703. The summed E-state index contributed by atoms with van der Waals surface area (Å²) in [5.74, 6) is 0. The van der Waals surface area contributed by atoms with Crippen LogP contribution in [0.5, 0.6) is 0 Å². The molecule has 1 aliphatic heterocycles. The number of ether oxygens (including phenoxy) is 1. The average Bonchev–Trinajstić information content (AvgIpc) is 2.67. The first-order valence-electron chi connectivity index (χ1n) is 5.45. The largest absolute Gasteiger partial charge is 0.375 e. The summed E-state index contributed by atoms with van der Waals surface area (Å²) in [6, 6.07) is 2.12. The summed E-state index contributed by atoms with van der Waals surface area (Å²) in [5.41, 5.74) is 5.04. The van der Waals surface area contributed by atoms with Crippen molar-refractivity contribution in [1.82, 2.24) is 9.97 Å². The molecular formula is C12H14N2O. The number of nitrogens with one attached hydrogen (secondary N) is 1. The van der Waals surface area contributed by atoms with Gasteiger partial charge in [-0.25, -0.2) is 4.98 Å². The molecule has 1 N–H and O–H groups in total. The second-order valence-electron chi connectivity index (χ2n) is 3.93. The highest BCUT2D eigenvalue weighted by Crippen LogP contribution is 2.28. The summed E-state index contributed by atoms with van der Waals surface area (Å²) in [4.78, 5) is 7.74. The molecule has 2 aromatic heterocycles. The van der Waals surface area contributed by atoms with E-state index in [9.17, 15) is 0 Å². The van der Waals surface area contributed by atoms with Crippen LogP contribution in [-0.2, 0) is 24.2 Å². The van der Waals surface area contributed by atoms with Gasteiger partial charge in [0, 0.05) is 17.3 Å². The molecule has 0 aliphatic carbocycles. The van der Waals surface area contributed by atoms with Crippen LogP contribution < -0.4 is 0 Å². The molecule has 3 rings (SSSR count). The molecule has 0 fully saturated rings. The Morgan fingerprint density at radius 2 is 2.47 bits per heavy atom. The van der Waals surface area contributed by atoms with Crippen molar-refractivity contribution in [3.05, 3.63) is 29.1 Å². The molecule has 0 unspecified atom stereocenters. The quantitative estimate of drug-likeness (QED) is 0.769. The van der Waals surface area contributed by atoms with E-state index in [-0.39, 0.29) is 0 Å². The molecule has 0 bridgehead atoms. The van der Waals surface area contributed by atoms with Gasteiger partial charge in [-0.15, -0.1) is 0 Å². The predicted octanol–water partition coefficient (Wildman–Crippen LogP) is 2.20. The molecule has 78 valence electrons. The van der Waals surface area contributed by atoms with E-state index in [1.165, 1.54) is 22.2 Å². The lowest BCUT2D eigenvalue weighted by Crippen LogP contribution is -2.08. The summed E-state index contributed by atoms with van der Waals surface area (Å²) >= 11 is 0. The van der Waals surface area contributed by atoms with Gasteiger partial charge in [0.1, 0.15) is 5.65 Å². The van der Waals surface area contributed by atoms with Gasteiger partial charge in [0.05, 0.1) is 13.2 Å². The molecule has 0 saturated carbocycles. The van der Waals surface area contributed by atoms with Crippen LogP contribution in [0.1, 0.15) is 23.7 Å². The fraction of sp³-hybridized carbons (Fsp3) is 0.417. The molecule has 3 nitrogen and oxygen atoms in total. The summed E-state index contributed by atoms with van der Waals surface area (Å²) < 4.78 is 5.44. The van der Waals surface area contributed by atoms with Crippen molar-refractivity contribution >= 4 is 11.0 Å². The van der Waals surface area contributed by atoms with Crippen molar-refractivity contribution in [1.29, 1.82) is 0 Å². The molecule has 3 heteroatoms. The molecule has 1 aliphatic rings. The number of nitrogens with zero attached hydrogens (tertiary/aromatic N) is 1. The number of hydrogen-bond donors (Lipinski definition) is 1. The summed E-state index contributed by atoms with van der Waals surface area (Å²) in [6.45, 7) is 3.72. The zero-order valence-corrected chi connectivity index (χ0v) is 8.84. The molecular weight excluding hydrogens is 188 g/mol. The maximum absolute atomic E-state index is 5.44. The Labute approximate surface area is 88.5 Å². The van der Waals surface area contributed by atoms with Crippen LogP contribution in [0.2, 0.25) is 0 Å². The Morgan fingerprint density at radius 3 is 3.33 bits per heavy atom. The van der Waals surface area contributed by atoms with Gasteiger partial charge in [-0.3, -0.25) is 0 Å². The van der Waals surface area contributed by atoms with Crippen molar-refractivity contribution in [3.8, 4) is 0 Å². The monoisotopic (exact) mass is 202 g/mol. The van der Waals surface area contributed by atoms with Crippen LogP contribution >= 0.6 is 0 Å². The minimum absolute atomic E-state index is 0.703. The molecule has 0 saturated heterocycles. The van der Waals surface area contributed by atoms with Gasteiger partial charge in [-0.2, -0.15) is 0 Å². The van der Waals surface area contributed by atoms with E-state index in [0.29, 0.717) is 6.61 Å². The van der Waals surface area contributed by atoms with E-state index in [2.05, 4.69) is 23.0 Å². The number of aromatic nitrogens is 2. The van der Waals surface area contributed by atoms with Crippen molar-refractivity contribution in [3.63, 3.8) is 0 Å². The van der Waals surface area contributed by atoms with E-state index in [4.69, 9.17) is 4.74 Å². The minimum Gasteiger partial charge on any atom is -0.375 e. The van der Waals surface area contributed by atoms with Gasteiger partial charge in [0.25, 0.3) is 0 Å². The van der Waals surface area contributed by atoms with Gasteiger partial charge in [0.15, 0.2) is 0 Å². The molecule has 2 aromatic rings. The zero-order valence-electron chi connectivity index (χ0n) is 8.84. The zero-order chi connectivity index (χ0) is 10.3. The average molecular weight is 202 g/mol. The van der Waals surface area contributed by atoms with Crippen LogP contribution in [0.25, 0.3) is 11.0 Å². The van der Waals surface area contributed by atoms with E-state index in [1.807, 2.05) is 6.20 Å². The van der Waals surface area contributed by atoms with Gasteiger partial charge >= 0.3 is 0 Å². The summed E-state index contributed by atoms with van der Waals surface area (Å²) in [6.07, 6.45) is 3.95. The second kappa shape index (κ2) is 3.35. The van der Waals surface area contributed by atoms with Gasteiger partial charge in [0.2, 0.25) is 0 Å². The number of aryl methyl sites for hydroxylation is 1. The van der Waals surface area contributed by atoms with Crippen LogP contribution in [0.15, 0.2) is 12.3 Å². The molecule has 0 spiro atoms. The van der Waals surface area contributed by atoms with Crippen LogP contribution in [-0.4, -0.2) is 16.6 Å². The highest BCUT2D eigenvalue weighted by atomic mass is 16.5. The van der Waals surface area contributed by atoms with Crippen LogP contribution in [0.4, 0.5) is 0 Å². The normalized spacial score (nSPS) is 15.5. The van der Waals surface area contributed by atoms with Gasteiger partial charge < -0.3 is 9.72 Å². The van der Waals surface area contributed by atoms with E-state index < -0.39 is 0 Å². The van der Waals surface area contributed by atoms with Crippen molar-refractivity contribution in [2.24, 2.45) is 0 Å². The lowest BCUT2D eigenvalue weighted by Gasteiger charge is -2.12. The van der Waals surface area contributed by atoms with E-state index in [0.717, 1.165) is 25.1 Å².